The maximum Gasteiger partial charge on any atom is 0.178 e. The van der Waals surface area contributed by atoms with Gasteiger partial charge in [0.2, 0.25) is 0 Å². The lowest BCUT2D eigenvalue weighted by molar-refractivity contribution is 0.0453. The van der Waals surface area contributed by atoms with Crippen molar-refractivity contribution in [1.29, 1.82) is 0 Å². The SMILES string of the molecule is CCS(=O)(=O)c1ccc(C(C)NCC2(O)CCCC2)cc1. The molecule has 5 heteroatoms. The van der Waals surface area contributed by atoms with Crippen LogP contribution in [-0.4, -0.2) is 31.4 Å². The second kappa shape index (κ2) is 6.46. The van der Waals surface area contributed by atoms with Crippen molar-refractivity contribution in [2.75, 3.05) is 12.3 Å². The summed E-state index contributed by atoms with van der Waals surface area (Å²) in [5.41, 5.74) is 0.464. The molecule has 1 unspecified atom stereocenters. The van der Waals surface area contributed by atoms with E-state index in [0.29, 0.717) is 11.4 Å². The average molecular weight is 311 g/mol. The predicted molar refractivity (Wildman–Crippen MR) is 84.0 cm³/mol. The van der Waals surface area contributed by atoms with Crippen LogP contribution in [0.1, 0.15) is 51.1 Å². The Morgan fingerprint density at radius 1 is 1.24 bits per heavy atom. The lowest BCUT2D eigenvalue weighted by Gasteiger charge is -2.25. The lowest BCUT2D eigenvalue weighted by Crippen LogP contribution is -2.39. The van der Waals surface area contributed by atoms with Crippen molar-refractivity contribution in [3.05, 3.63) is 29.8 Å². The molecule has 1 fully saturated rings. The average Bonchev–Trinajstić information content (AvgIpc) is 2.92. The number of nitrogens with one attached hydrogen (secondary N) is 1. The van der Waals surface area contributed by atoms with E-state index in [2.05, 4.69) is 5.32 Å². The molecule has 0 spiro atoms. The smallest absolute Gasteiger partial charge is 0.178 e. The van der Waals surface area contributed by atoms with Crippen LogP contribution in [0.2, 0.25) is 0 Å². The highest BCUT2D eigenvalue weighted by Gasteiger charge is 2.31. The van der Waals surface area contributed by atoms with E-state index in [1.54, 1.807) is 19.1 Å². The molecule has 4 nitrogen and oxygen atoms in total. The van der Waals surface area contributed by atoms with Gasteiger partial charge in [0.25, 0.3) is 0 Å². The topological polar surface area (TPSA) is 66.4 Å². The van der Waals surface area contributed by atoms with Gasteiger partial charge in [0, 0.05) is 12.6 Å². The van der Waals surface area contributed by atoms with Crippen molar-refractivity contribution in [3.8, 4) is 0 Å². The highest BCUT2D eigenvalue weighted by Crippen LogP contribution is 2.29. The zero-order valence-corrected chi connectivity index (χ0v) is 13.6. The van der Waals surface area contributed by atoms with Gasteiger partial charge in [-0.05, 0) is 37.5 Å². The van der Waals surface area contributed by atoms with E-state index >= 15 is 0 Å². The van der Waals surface area contributed by atoms with Gasteiger partial charge < -0.3 is 10.4 Å². The van der Waals surface area contributed by atoms with Crippen molar-refractivity contribution < 1.29 is 13.5 Å². The summed E-state index contributed by atoms with van der Waals surface area (Å²) in [4.78, 5) is 0.371. The molecule has 0 heterocycles. The third-order valence-corrected chi connectivity index (χ3v) is 6.14. The summed E-state index contributed by atoms with van der Waals surface area (Å²) in [6.45, 7) is 4.26. The fourth-order valence-corrected chi connectivity index (χ4v) is 3.69. The van der Waals surface area contributed by atoms with Gasteiger partial charge >= 0.3 is 0 Å². The molecule has 0 bridgehead atoms. The molecule has 1 aliphatic rings. The number of sulfone groups is 1. The Bertz CT molecular complexity index is 560. The Morgan fingerprint density at radius 2 is 1.81 bits per heavy atom. The number of benzene rings is 1. The normalized spacial score (nSPS) is 19.6. The molecule has 0 aliphatic heterocycles. The minimum absolute atomic E-state index is 0.0907. The lowest BCUT2D eigenvalue weighted by atomic mass is 10.0. The first kappa shape index (κ1) is 16.5. The maximum atomic E-state index is 11.8. The van der Waals surface area contributed by atoms with E-state index in [1.807, 2.05) is 19.1 Å². The largest absolute Gasteiger partial charge is 0.389 e. The van der Waals surface area contributed by atoms with Crippen molar-refractivity contribution >= 4 is 9.84 Å². The summed E-state index contributed by atoms with van der Waals surface area (Å²) in [6, 6.07) is 7.11. The number of hydrogen-bond donors (Lipinski definition) is 2. The van der Waals surface area contributed by atoms with Crippen molar-refractivity contribution in [2.45, 2.75) is 56.1 Å². The summed E-state index contributed by atoms with van der Waals surface area (Å²) in [6.07, 6.45) is 3.91. The fraction of sp³-hybridized carbons (Fsp3) is 0.625. The third-order valence-electron chi connectivity index (χ3n) is 4.39. The Balaban J connectivity index is 1.98. The first-order valence-corrected chi connectivity index (χ1v) is 9.30. The summed E-state index contributed by atoms with van der Waals surface area (Å²) in [5.74, 6) is 0.118. The van der Waals surface area contributed by atoms with Gasteiger partial charge in [-0.1, -0.05) is 31.9 Å². The van der Waals surface area contributed by atoms with Gasteiger partial charge in [-0.3, -0.25) is 0 Å². The van der Waals surface area contributed by atoms with E-state index in [0.717, 1.165) is 31.2 Å². The Morgan fingerprint density at radius 3 is 2.33 bits per heavy atom. The summed E-state index contributed by atoms with van der Waals surface area (Å²) in [5, 5.41) is 13.7. The summed E-state index contributed by atoms with van der Waals surface area (Å²) in [7, 11) is -3.14. The van der Waals surface area contributed by atoms with Gasteiger partial charge in [-0.15, -0.1) is 0 Å². The van der Waals surface area contributed by atoms with Crippen LogP contribution in [0.15, 0.2) is 29.2 Å². The minimum Gasteiger partial charge on any atom is -0.389 e. The second-order valence-electron chi connectivity index (χ2n) is 6.01. The van der Waals surface area contributed by atoms with Crippen LogP contribution in [0, 0.1) is 0 Å². The van der Waals surface area contributed by atoms with E-state index in [9.17, 15) is 13.5 Å². The first-order chi connectivity index (χ1) is 9.86. The molecule has 0 saturated heterocycles. The predicted octanol–water partition coefficient (Wildman–Crippen LogP) is 2.44. The highest BCUT2D eigenvalue weighted by atomic mass is 32.2. The molecule has 1 aliphatic carbocycles. The van der Waals surface area contributed by atoms with Crippen LogP contribution < -0.4 is 5.32 Å². The molecule has 0 aromatic heterocycles. The van der Waals surface area contributed by atoms with Crippen LogP contribution in [-0.2, 0) is 9.84 Å². The van der Waals surface area contributed by atoms with E-state index < -0.39 is 15.4 Å². The zero-order valence-electron chi connectivity index (χ0n) is 12.8. The molecule has 21 heavy (non-hydrogen) atoms. The van der Waals surface area contributed by atoms with Gasteiger partial charge in [0.15, 0.2) is 9.84 Å². The molecule has 0 amide bonds. The first-order valence-electron chi connectivity index (χ1n) is 7.65. The Kier molecular flexibility index (Phi) is 5.07. The molecule has 1 aromatic rings. The fourth-order valence-electron chi connectivity index (χ4n) is 2.80. The van der Waals surface area contributed by atoms with Crippen molar-refractivity contribution in [1.82, 2.24) is 5.32 Å². The van der Waals surface area contributed by atoms with Crippen LogP contribution in [0.5, 0.6) is 0 Å². The van der Waals surface area contributed by atoms with E-state index in [-0.39, 0.29) is 11.8 Å². The summed E-state index contributed by atoms with van der Waals surface area (Å²) < 4.78 is 23.6. The van der Waals surface area contributed by atoms with Crippen LogP contribution >= 0.6 is 0 Å². The van der Waals surface area contributed by atoms with Crippen molar-refractivity contribution in [3.63, 3.8) is 0 Å². The van der Waals surface area contributed by atoms with Gasteiger partial charge in [0.1, 0.15) is 0 Å². The van der Waals surface area contributed by atoms with Crippen molar-refractivity contribution in [2.24, 2.45) is 0 Å². The van der Waals surface area contributed by atoms with Crippen LogP contribution in [0.3, 0.4) is 0 Å². The van der Waals surface area contributed by atoms with Crippen LogP contribution in [0.25, 0.3) is 0 Å². The molecule has 0 radical (unpaired) electrons. The molecule has 1 saturated carbocycles. The number of hydrogen-bond acceptors (Lipinski definition) is 4. The zero-order chi connectivity index (χ0) is 15.5. The molecule has 118 valence electrons. The second-order valence-corrected chi connectivity index (χ2v) is 8.28. The molecular formula is C16H25NO3S. The Hall–Kier alpha value is -0.910. The molecular weight excluding hydrogens is 286 g/mol. The highest BCUT2D eigenvalue weighted by molar-refractivity contribution is 7.91. The molecule has 1 aromatic carbocycles. The monoisotopic (exact) mass is 311 g/mol. The quantitative estimate of drug-likeness (QED) is 0.847. The maximum absolute atomic E-state index is 11.8. The number of rotatable bonds is 6. The van der Waals surface area contributed by atoms with Gasteiger partial charge in [-0.25, -0.2) is 8.42 Å². The standard InChI is InChI=1S/C16H25NO3S/c1-3-21(19,20)15-8-6-14(7-9-15)13(2)17-12-16(18)10-4-5-11-16/h6-9,13,17-18H,3-5,10-12H2,1-2H3. The third kappa shape index (κ3) is 4.05. The van der Waals surface area contributed by atoms with Gasteiger partial charge in [-0.2, -0.15) is 0 Å². The molecule has 1 atom stereocenters. The molecule has 2 rings (SSSR count). The van der Waals surface area contributed by atoms with Gasteiger partial charge in [0.05, 0.1) is 16.2 Å². The van der Waals surface area contributed by atoms with Crippen LogP contribution in [0.4, 0.5) is 0 Å². The minimum atomic E-state index is -3.14. The van der Waals surface area contributed by atoms with E-state index in [1.165, 1.54) is 0 Å². The number of aliphatic hydroxyl groups is 1. The Labute approximate surface area is 127 Å². The van der Waals surface area contributed by atoms with E-state index in [4.69, 9.17) is 0 Å². The summed E-state index contributed by atoms with van der Waals surface area (Å²) >= 11 is 0. The molecule has 2 N–H and O–H groups in total.